The summed E-state index contributed by atoms with van der Waals surface area (Å²) in [6.07, 6.45) is 4.56. The zero-order valence-electron chi connectivity index (χ0n) is 13.4. The monoisotopic (exact) mass is 344 g/mol. The van der Waals surface area contributed by atoms with Crippen LogP contribution in [-0.4, -0.2) is 33.1 Å². The fourth-order valence-corrected chi connectivity index (χ4v) is 4.16. The van der Waals surface area contributed by atoms with Crippen LogP contribution in [0.4, 0.5) is 0 Å². The van der Waals surface area contributed by atoms with E-state index in [1.165, 1.54) is 0 Å². The Morgan fingerprint density at radius 1 is 1.33 bits per heavy atom. The average Bonchev–Trinajstić information content (AvgIpc) is 3.19. The van der Waals surface area contributed by atoms with Gasteiger partial charge in [-0.05, 0) is 42.3 Å². The average molecular weight is 344 g/mol. The van der Waals surface area contributed by atoms with E-state index in [1.807, 2.05) is 28.5 Å². The molecule has 2 aromatic rings. The van der Waals surface area contributed by atoms with Crippen LogP contribution in [0.2, 0.25) is 0 Å². The third-order valence-corrected chi connectivity index (χ3v) is 5.58. The van der Waals surface area contributed by atoms with Gasteiger partial charge < -0.3 is 14.7 Å². The highest BCUT2D eigenvalue weighted by Gasteiger charge is 2.34. The zero-order chi connectivity index (χ0) is 16.5. The number of aliphatic hydroxyl groups is 1. The molecular formula is C18H20N2O3S. The van der Waals surface area contributed by atoms with Gasteiger partial charge >= 0.3 is 0 Å². The molecule has 1 amide bonds. The van der Waals surface area contributed by atoms with E-state index in [-0.39, 0.29) is 12.0 Å². The summed E-state index contributed by atoms with van der Waals surface area (Å²) in [7, 11) is 0. The van der Waals surface area contributed by atoms with Crippen LogP contribution in [0.5, 0.6) is 5.88 Å². The first kappa shape index (κ1) is 15.6. The summed E-state index contributed by atoms with van der Waals surface area (Å²) in [5, 5.41) is 12.1. The highest BCUT2D eigenvalue weighted by atomic mass is 32.1. The smallest absolute Gasteiger partial charge is 0.260 e. The van der Waals surface area contributed by atoms with E-state index in [1.54, 1.807) is 17.5 Å². The maximum atomic E-state index is 12.8. The van der Waals surface area contributed by atoms with Gasteiger partial charge in [0.05, 0.1) is 12.6 Å². The quantitative estimate of drug-likeness (QED) is 0.926. The van der Waals surface area contributed by atoms with Gasteiger partial charge in [0.1, 0.15) is 11.7 Å². The fourth-order valence-electron chi connectivity index (χ4n) is 3.44. The van der Waals surface area contributed by atoms with Gasteiger partial charge in [-0.25, -0.2) is 4.98 Å². The number of amides is 1. The molecule has 1 aliphatic heterocycles. The molecule has 24 heavy (non-hydrogen) atoms. The van der Waals surface area contributed by atoms with Crippen LogP contribution in [0.1, 0.15) is 46.5 Å². The van der Waals surface area contributed by atoms with E-state index >= 15 is 0 Å². The summed E-state index contributed by atoms with van der Waals surface area (Å²) in [6.45, 7) is 1.19. The minimum Gasteiger partial charge on any atom is -0.471 e. The van der Waals surface area contributed by atoms with Crippen molar-refractivity contribution >= 4 is 17.2 Å². The molecule has 2 aromatic heterocycles. The molecule has 4 rings (SSSR count). The molecule has 1 fully saturated rings. The molecule has 0 unspecified atom stereocenters. The molecule has 0 spiro atoms. The predicted octanol–water partition coefficient (Wildman–Crippen LogP) is 2.98. The lowest BCUT2D eigenvalue weighted by molar-refractivity contribution is 0.00397. The number of nitrogens with zero attached hydrogens (tertiary/aromatic N) is 2. The molecule has 1 saturated carbocycles. The number of hydrogen-bond donors (Lipinski definition) is 1. The van der Waals surface area contributed by atoms with E-state index in [2.05, 4.69) is 4.98 Å². The highest BCUT2D eigenvalue weighted by molar-refractivity contribution is 7.09. The second kappa shape index (κ2) is 6.53. The van der Waals surface area contributed by atoms with E-state index < -0.39 is 6.10 Å². The molecule has 3 heterocycles. The van der Waals surface area contributed by atoms with Crippen LogP contribution in [0, 0.1) is 0 Å². The highest BCUT2D eigenvalue weighted by Crippen LogP contribution is 2.33. The Kier molecular flexibility index (Phi) is 4.24. The molecule has 0 bridgehead atoms. The summed E-state index contributed by atoms with van der Waals surface area (Å²) in [4.78, 5) is 20.1. The molecule has 2 atom stereocenters. The van der Waals surface area contributed by atoms with Crippen LogP contribution in [0.15, 0.2) is 29.8 Å². The predicted molar refractivity (Wildman–Crippen MR) is 91.0 cm³/mol. The number of rotatable bonds is 4. The maximum absolute atomic E-state index is 12.8. The summed E-state index contributed by atoms with van der Waals surface area (Å²) in [5.41, 5.74) is 1.51. The van der Waals surface area contributed by atoms with Gasteiger partial charge in [0.25, 0.3) is 5.91 Å². The van der Waals surface area contributed by atoms with Gasteiger partial charge in [0, 0.05) is 17.6 Å². The van der Waals surface area contributed by atoms with Crippen molar-refractivity contribution in [2.24, 2.45) is 0 Å². The molecule has 6 heteroatoms. The van der Waals surface area contributed by atoms with Gasteiger partial charge in [0.15, 0.2) is 0 Å². The molecule has 126 valence electrons. The Morgan fingerprint density at radius 3 is 3.00 bits per heavy atom. The Bertz CT molecular complexity index is 732. The Morgan fingerprint density at radius 2 is 2.21 bits per heavy atom. The summed E-state index contributed by atoms with van der Waals surface area (Å²) >= 11 is 1.65. The van der Waals surface area contributed by atoms with E-state index in [0.29, 0.717) is 24.5 Å². The number of carbonyl (C=O) groups is 1. The second-order valence-electron chi connectivity index (χ2n) is 6.40. The number of ether oxygens (including phenoxy) is 1. The van der Waals surface area contributed by atoms with E-state index in [0.717, 1.165) is 36.1 Å². The van der Waals surface area contributed by atoms with Crippen molar-refractivity contribution in [1.29, 1.82) is 0 Å². The van der Waals surface area contributed by atoms with Crippen molar-refractivity contribution in [2.75, 3.05) is 0 Å². The number of thiophene rings is 1. The molecule has 0 radical (unpaired) electrons. The number of aromatic nitrogens is 1. The van der Waals surface area contributed by atoms with Gasteiger partial charge in [-0.1, -0.05) is 12.5 Å². The van der Waals surface area contributed by atoms with E-state index in [4.69, 9.17) is 4.74 Å². The van der Waals surface area contributed by atoms with Crippen LogP contribution in [-0.2, 0) is 13.1 Å². The van der Waals surface area contributed by atoms with Crippen LogP contribution < -0.4 is 4.74 Å². The van der Waals surface area contributed by atoms with Crippen LogP contribution >= 0.6 is 11.3 Å². The van der Waals surface area contributed by atoms with Crippen molar-refractivity contribution in [2.45, 2.75) is 51.0 Å². The van der Waals surface area contributed by atoms with Crippen molar-refractivity contribution in [1.82, 2.24) is 9.88 Å². The molecule has 0 saturated heterocycles. The molecular weight excluding hydrogens is 324 g/mol. The normalized spacial score (nSPS) is 23.4. The van der Waals surface area contributed by atoms with E-state index in [9.17, 15) is 9.90 Å². The molecule has 2 aliphatic rings. The molecule has 1 aliphatic carbocycles. The zero-order valence-corrected chi connectivity index (χ0v) is 14.2. The van der Waals surface area contributed by atoms with Crippen LogP contribution in [0.3, 0.4) is 0 Å². The van der Waals surface area contributed by atoms with Crippen molar-refractivity contribution in [3.63, 3.8) is 0 Å². The fraction of sp³-hybridized carbons (Fsp3) is 0.444. The third-order valence-electron chi connectivity index (χ3n) is 4.72. The standard InChI is InChI=1S/C18H20N2O3S/c21-14-5-1-2-6-15(14)23-17-16-12(7-8-19-17)10-20(18(16)22)11-13-4-3-9-24-13/h3-4,7-9,14-15,21H,1-2,5-6,10-11H2/t14-,15-/m1/s1. The molecule has 5 nitrogen and oxygen atoms in total. The lowest BCUT2D eigenvalue weighted by Crippen LogP contribution is -2.35. The second-order valence-corrected chi connectivity index (χ2v) is 7.43. The first-order valence-electron chi connectivity index (χ1n) is 8.36. The lowest BCUT2D eigenvalue weighted by Gasteiger charge is -2.28. The van der Waals surface area contributed by atoms with Gasteiger partial charge in [0.2, 0.25) is 5.88 Å². The lowest BCUT2D eigenvalue weighted by atomic mass is 9.95. The van der Waals surface area contributed by atoms with Gasteiger partial charge in [-0.2, -0.15) is 0 Å². The Hall–Kier alpha value is -1.92. The SMILES string of the molecule is O=C1c2c(ccnc2O[C@@H]2CCCC[C@H]2O)CN1Cc1cccs1. The van der Waals surface area contributed by atoms with Gasteiger partial charge in [-0.3, -0.25) is 4.79 Å². The minimum atomic E-state index is -0.477. The number of carbonyl (C=O) groups excluding carboxylic acids is 1. The largest absolute Gasteiger partial charge is 0.471 e. The Balaban J connectivity index is 1.55. The summed E-state index contributed by atoms with van der Waals surface area (Å²) < 4.78 is 5.96. The first-order valence-corrected chi connectivity index (χ1v) is 9.24. The molecule has 0 aromatic carbocycles. The number of aliphatic hydroxyl groups excluding tert-OH is 1. The number of hydrogen-bond acceptors (Lipinski definition) is 5. The Labute approximate surface area is 144 Å². The summed E-state index contributed by atoms with van der Waals surface area (Å²) in [6, 6.07) is 5.91. The third kappa shape index (κ3) is 2.91. The maximum Gasteiger partial charge on any atom is 0.260 e. The molecule has 1 N–H and O–H groups in total. The topological polar surface area (TPSA) is 62.7 Å². The van der Waals surface area contributed by atoms with Crippen LogP contribution in [0.25, 0.3) is 0 Å². The number of fused-ring (bicyclic) bond motifs is 1. The minimum absolute atomic E-state index is 0.0354. The van der Waals surface area contributed by atoms with Gasteiger partial charge in [-0.15, -0.1) is 11.3 Å². The van der Waals surface area contributed by atoms with Crippen molar-refractivity contribution < 1.29 is 14.6 Å². The number of pyridine rings is 1. The first-order chi connectivity index (χ1) is 11.7. The van der Waals surface area contributed by atoms with Crippen molar-refractivity contribution in [3.8, 4) is 5.88 Å². The van der Waals surface area contributed by atoms with Crippen molar-refractivity contribution in [3.05, 3.63) is 45.8 Å². The summed E-state index contributed by atoms with van der Waals surface area (Å²) in [5.74, 6) is 0.337.